The van der Waals surface area contributed by atoms with Crippen molar-refractivity contribution in [2.75, 3.05) is 6.61 Å². The van der Waals surface area contributed by atoms with Crippen LogP contribution in [0.4, 0.5) is 0 Å². The van der Waals surface area contributed by atoms with E-state index in [0.717, 1.165) is 19.3 Å². The van der Waals surface area contributed by atoms with Gasteiger partial charge in [0.2, 0.25) is 0 Å². The zero-order chi connectivity index (χ0) is 17.2. The van der Waals surface area contributed by atoms with Gasteiger partial charge in [-0.05, 0) is 6.42 Å². The van der Waals surface area contributed by atoms with Gasteiger partial charge in [0.1, 0.15) is 0 Å². The molecule has 0 heterocycles. The second-order valence-corrected chi connectivity index (χ2v) is 7.87. The fraction of sp³-hybridized carbons (Fsp3) is 1.00. The second-order valence-electron chi connectivity index (χ2n) is 6.63. The Labute approximate surface area is 210 Å². The maximum absolute atomic E-state index is 10.5. The van der Waals surface area contributed by atoms with E-state index in [1.54, 1.807) is 0 Å². The van der Waals surface area contributed by atoms with E-state index in [1.165, 1.54) is 83.5 Å². The van der Waals surface area contributed by atoms with Crippen molar-refractivity contribution in [3.05, 3.63) is 0 Å². The molecule has 0 atom stereocenters. The van der Waals surface area contributed by atoms with Crippen LogP contribution in [-0.2, 0) is 9.09 Å². The minimum atomic E-state index is -4.26. The van der Waals surface area contributed by atoms with Crippen molar-refractivity contribution in [3.63, 3.8) is 0 Å². The maximum Gasteiger partial charge on any atom is 1.00 e. The zero-order valence-corrected chi connectivity index (χ0v) is 23.4. The summed E-state index contributed by atoms with van der Waals surface area (Å²) in [4.78, 5) is 17.1. The molecular weight excluding hydrogens is 444 g/mol. The van der Waals surface area contributed by atoms with E-state index in [9.17, 15) is 4.57 Å². The van der Waals surface area contributed by atoms with E-state index in [1.807, 2.05) is 0 Å². The largest absolute Gasteiger partial charge is 1.00 e. The SMILES string of the molecule is CCCCCCCCCCCCCCCCCCOP(=O)(O)O.[Cs+].[H-]. The van der Waals surface area contributed by atoms with Gasteiger partial charge >= 0.3 is 76.7 Å². The molecule has 0 radical (unpaired) electrons. The number of hydrogen-bond acceptors (Lipinski definition) is 2. The van der Waals surface area contributed by atoms with Gasteiger partial charge in [0, 0.05) is 0 Å². The quantitative estimate of drug-likeness (QED) is 0.231. The average molecular weight is 484 g/mol. The molecule has 0 aliphatic rings. The summed E-state index contributed by atoms with van der Waals surface area (Å²) in [5, 5.41) is 0. The van der Waals surface area contributed by atoms with Gasteiger partial charge in [0.15, 0.2) is 0 Å². The van der Waals surface area contributed by atoms with Crippen LogP contribution in [0.5, 0.6) is 0 Å². The molecule has 0 spiro atoms. The fourth-order valence-corrected chi connectivity index (χ4v) is 3.20. The molecule has 142 valence electrons. The van der Waals surface area contributed by atoms with Crippen LogP contribution in [0.1, 0.15) is 111 Å². The summed E-state index contributed by atoms with van der Waals surface area (Å²) in [6, 6.07) is 0. The standard InChI is InChI=1S/C18H39O4P.Cs.H/c1-2-3-4-5-6-7-8-9-10-11-12-13-14-15-16-17-18-22-23(19,20)21;;/h2-18H2,1H3,(H2,19,20,21);;/q;+1;-1. The van der Waals surface area contributed by atoms with Gasteiger partial charge in [-0.25, -0.2) is 4.57 Å². The zero-order valence-electron chi connectivity index (χ0n) is 17.2. The predicted molar refractivity (Wildman–Crippen MR) is 98.7 cm³/mol. The fourth-order valence-electron chi connectivity index (χ4n) is 2.83. The van der Waals surface area contributed by atoms with Gasteiger partial charge in [-0.3, -0.25) is 4.52 Å². The molecule has 0 aromatic rings. The van der Waals surface area contributed by atoms with E-state index < -0.39 is 7.82 Å². The molecule has 0 saturated heterocycles. The van der Waals surface area contributed by atoms with Crippen LogP contribution in [0, 0.1) is 0 Å². The molecule has 0 aromatic carbocycles. The summed E-state index contributed by atoms with van der Waals surface area (Å²) in [7, 11) is -4.26. The molecule has 0 saturated carbocycles. The predicted octanol–water partition coefficient (Wildman–Crippen LogP) is 3.47. The van der Waals surface area contributed by atoms with E-state index in [0.29, 0.717) is 0 Å². The number of phosphoric acid groups is 1. The first-order valence-corrected chi connectivity index (χ1v) is 11.3. The van der Waals surface area contributed by atoms with Crippen molar-refractivity contribution in [1.29, 1.82) is 0 Å². The van der Waals surface area contributed by atoms with Crippen LogP contribution < -0.4 is 68.9 Å². The number of unbranched alkanes of at least 4 members (excludes halogenated alkanes) is 15. The van der Waals surface area contributed by atoms with Crippen molar-refractivity contribution in [1.82, 2.24) is 0 Å². The van der Waals surface area contributed by atoms with Crippen LogP contribution in [0.3, 0.4) is 0 Å². The van der Waals surface area contributed by atoms with Crippen LogP contribution in [-0.4, -0.2) is 16.4 Å². The molecule has 0 aromatic heterocycles. The Morgan fingerprint density at radius 2 is 0.958 bits per heavy atom. The van der Waals surface area contributed by atoms with E-state index >= 15 is 0 Å². The number of hydrogen-bond donors (Lipinski definition) is 2. The Balaban J connectivity index is -0.00000242. The van der Waals surface area contributed by atoms with Crippen LogP contribution in [0.2, 0.25) is 0 Å². The molecule has 0 fully saturated rings. The minimum absolute atomic E-state index is 0. The van der Waals surface area contributed by atoms with Gasteiger partial charge < -0.3 is 11.2 Å². The Hall–Kier alpha value is 2.16. The summed E-state index contributed by atoms with van der Waals surface area (Å²) in [6.45, 7) is 2.43. The summed E-state index contributed by atoms with van der Waals surface area (Å²) < 4.78 is 14.9. The normalized spacial score (nSPS) is 11.5. The molecule has 0 bridgehead atoms. The molecule has 0 amide bonds. The smallest absolute Gasteiger partial charge is 1.00 e. The van der Waals surface area contributed by atoms with Crippen molar-refractivity contribution >= 4 is 7.82 Å². The minimum Gasteiger partial charge on any atom is -1.00 e. The molecular formula is C18H40CsO4P. The molecule has 24 heavy (non-hydrogen) atoms. The van der Waals surface area contributed by atoms with Crippen molar-refractivity contribution in [2.45, 2.75) is 110 Å². The number of rotatable bonds is 18. The molecule has 4 nitrogen and oxygen atoms in total. The third kappa shape index (κ3) is 26.4. The monoisotopic (exact) mass is 484 g/mol. The Kier molecular flexibility index (Phi) is 25.4. The van der Waals surface area contributed by atoms with Crippen molar-refractivity contribution in [3.8, 4) is 0 Å². The molecule has 6 heteroatoms. The van der Waals surface area contributed by atoms with Crippen molar-refractivity contribution < 1.29 is 89.2 Å². The van der Waals surface area contributed by atoms with Crippen LogP contribution in [0.15, 0.2) is 0 Å². The topological polar surface area (TPSA) is 66.8 Å². The number of phosphoric ester groups is 1. The summed E-state index contributed by atoms with van der Waals surface area (Å²) >= 11 is 0. The Bertz CT molecular complexity index is 290. The molecule has 0 aliphatic heterocycles. The Morgan fingerprint density at radius 1 is 0.667 bits per heavy atom. The second kappa shape index (κ2) is 21.5. The first kappa shape index (κ1) is 28.4. The first-order chi connectivity index (χ1) is 11.1. The van der Waals surface area contributed by atoms with Crippen LogP contribution in [0.25, 0.3) is 0 Å². The van der Waals surface area contributed by atoms with Gasteiger partial charge in [-0.15, -0.1) is 0 Å². The van der Waals surface area contributed by atoms with E-state index in [-0.39, 0.29) is 76.9 Å². The molecule has 0 rings (SSSR count). The third-order valence-electron chi connectivity index (χ3n) is 4.26. The average Bonchev–Trinajstić information content (AvgIpc) is 2.49. The molecule has 0 aliphatic carbocycles. The molecule has 2 N–H and O–H groups in total. The van der Waals surface area contributed by atoms with Gasteiger partial charge in [-0.2, -0.15) is 0 Å². The molecule has 0 unspecified atom stereocenters. The maximum atomic E-state index is 10.5. The van der Waals surface area contributed by atoms with E-state index in [2.05, 4.69) is 11.4 Å². The van der Waals surface area contributed by atoms with Crippen molar-refractivity contribution in [2.24, 2.45) is 0 Å². The summed E-state index contributed by atoms with van der Waals surface area (Å²) in [6.07, 6.45) is 20.7. The van der Waals surface area contributed by atoms with Gasteiger partial charge in [0.25, 0.3) is 0 Å². The van der Waals surface area contributed by atoms with E-state index in [4.69, 9.17) is 9.79 Å². The first-order valence-electron chi connectivity index (χ1n) is 9.76. The summed E-state index contributed by atoms with van der Waals surface area (Å²) in [5.41, 5.74) is 0. The van der Waals surface area contributed by atoms with Gasteiger partial charge in [0.05, 0.1) is 6.61 Å². The third-order valence-corrected chi connectivity index (χ3v) is 4.78. The van der Waals surface area contributed by atoms with Crippen LogP contribution >= 0.6 is 7.82 Å². The Morgan fingerprint density at radius 3 is 1.25 bits per heavy atom. The summed E-state index contributed by atoms with van der Waals surface area (Å²) in [5.74, 6) is 0. The van der Waals surface area contributed by atoms with Gasteiger partial charge in [-0.1, -0.05) is 103 Å².